The molecule has 1 saturated heterocycles. The van der Waals surface area contributed by atoms with E-state index >= 15 is 0 Å². The first-order valence-electron chi connectivity index (χ1n) is 15.0. The molecule has 0 spiro atoms. The lowest BCUT2D eigenvalue weighted by atomic mass is 9.85. The molecule has 1 aliphatic carbocycles. The predicted octanol–water partition coefficient (Wildman–Crippen LogP) is 1.21. The van der Waals surface area contributed by atoms with Gasteiger partial charge in [-0.15, -0.1) is 0 Å². The summed E-state index contributed by atoms with van der Waals surface area (Å²) < 4.78 is 0. The maximum atomic E-state index is 14.2. The molecule has 1 aromatic heterocycles. The topological polar surface area (TPSA) is 176 Å². The molecule has 44 heavy (non-hydrogen) atoms. The van der Waals surface area contributed by atoms with Crippen LogP contribution in [0.4, 0.5) is 0 Å². The van der Waals surface area contributed by atoms with Gasteiger partial charge in [0.25, 0.3) is 11.8 Å². The van der Waals surface area contributed by atoms with Gasteiger partial charge in [0.05, 0.1) is 12.1 Å². The third-order valence-corrected chi connectivity index (χ3v) is 8.37. The van der Waals surface area contributed by atoms with Crippen LogP contribution < -0.4 is 27.0 Å². The van der Waals surface area contributed by atoms with E-state index in [9.17, 15) is 24.0 Å². The minimum atomic E-state index is -0.931. The lowest BCUT2D eigenvalue weighted by Crippen LogP contribution is -2.59. The average Bonchev–Trinajstić information content (AvgIpc) is 3.42. The van der Waals surface area contributed by atoms with Crippen molar-refractivity contribution in [3.63, 3.8) is 0 Å². The molecule has 0 radical (unpaired) electrons. The zero-order valence-corrected chi connectivity index (χ0v) is 26.0. The molecule has 5 atom stereocenters. The molecule has 0 saturated carbocycles. The summed E-state index contributed by atoms with van der Waals surface area (Å²) in [6.07, 6.45) is 2.79. The summed E-state index contributed by atoms with van der Waals surface area (Å²) in [6.45, 7) is 7.28. The van der Waals surface area contributed by atoms with Crippen molar-refractivity contribution in [1.29, 1.82) is 0 Å². The van der Waals surface area contributed by atoms with E-state index in [1.807, 2.05) is 39.0 Å². The Morgan fingerprint density at radius 2 is 1.70 bits per heavy atom. The highest BCUT2D eigenvalue weighted by atomic mass is 16.2. The molecule has 0 bridgehead atoms. The third-order valence-electron chi connectivity index (χ3n) is 8.37. The fourth-order valence-corrected chi connectivity index (χ4v) is 5.78. The molecule has 12 heteroatoms. The van der Waals surface area contributed by atoms with Crippen molar-refractivity contribution in [1.82, 2.24) is 31.2 Å². The number of fused-ring (bicyclic) bond motifs is 1. The van der Waals surface area contributed by atoms with Crippen molar-refractivity contribution < 1.29 is 24.0 Å². The number of rotatable bonds is 9. The van der Waals surface area contributed by atoms with Gasteiger partial charge in [0.1, 0.15) is 23.5 Å². The van der Waals surface area contributed by atoms with Crippen LogP contribution in [0.15, 0.2) is 42.5 Å². The first kappa shape index (κ1) is 32.6. The maximum absolute atomic E-state index is 14.2. The molecule has 2 heterocycles. The van der Waals surface area contributed by atoms with E-state index < -0.39 is 47.3 Å². The largest absolute Gasteiger partial charge is 0.364 e. The molecule has 5 amide bonds. The van der Waals surface area contributed by atoms with E-state index in [4.69, 9.17) is 5.73 Å². The molecule has 12 nitrogen and oxygen atoms in total. The second-order valence-electron chi connectivity index (χ2n) is 12.7. The van der Waals surface area contributed by atoms with Crippen LogP contribution in [0, 0.1) is 5.41 Å². The van der Waals surface area contributed by atoms with Crippen LogP contribution in [-0.4, -0.2) is 77.2 Å². The van der Waals surface area contributed by atoms with Crippen molar-refractivity contribution in [3.05, 3.63) is 65.0 Å². The van der Waals surface area contributed by atoms with Gasteiger partial charge in [0, 0.05) is 12.6 Å². The van der Waals surface area contributed by atoms with Crippen molar-refractivity contribution in [2.24, 2.45) is 11.1 Å². The zero-order chi connectivity index (χ0) is 32.2. The number of benzene rings is 1. The Bertz CT molecular complexity index is 1420. The number of nitrogens with zero attached hydrogens (tertiary/aromatic N) is 2. The number of amides is 5. The minimum Gasteiger partial charge on any atom is -0.364 e. The van der Waals surface area contributed by atoms with Crippen LogP contribution in [0.3, 0.4) is 0 Å². The number of hydrogen-bond donors (Lipinski definition) is 5. The lowest BCUT2D eigenvalue weighted by molar-refractivity contribution is -0.144. The average molecular weight is 606 g/mol. The van der Waals surface area contributed by atoms with Gasteiger partial charge < -0.3 is 31.9 Å². The zero-order valence-electron chi connectivity index (χ0n) is 26.0. The normalized spacial score (nSPS) is 21.0. The Labute approximate surface area is 257 Å². The number of pyridine rings is 1. The van der Waals surface area contributed by atoms with Crippen molar-refractivity contribution in [2.75, 3.05) is 13.6 Å². The van der Waals surface area contributed by atoms with E-state index in [2.05, 4.69) is 32.3 Å². The maximum Gasteiger partial charge on any atom is 0.270 e. The molecular weight excluding hydrogens is 562 g/mol. The monoisotopic (exact) mass is 605 g/mol. The van der Waals surface area contributed by atoms with Gasteiger partial charge in [-0.2, -0.15) is 0 Å². The van der Waals surface area contributed by atoms with Gasteiger partial charge in [-0.3, -0.25) is 24.0 Å². The fraction of sp³-hybridized carbons (Fsp3) is 0.500. The molecule has 1 aromatic carbocycles. The first-order chi connectivity index (χ1) is 20.8. The van der Waals surface area contributed by atoms with Gasteiger partial charge in [0.2, 0.25) is 17.7 Å². The van der Waals surface area contributed by atoms with Gasteiger partial charge in [-0.05, 0) is 68.3 Å². The van der Waals surface area contributed by atoms with E-state index in [-0.39, 0.29) is 42.2 Å². The summed E-state index contributed by atoms with van der Waals surface area (Å²) in [5.74, 6) is -2.40. The molecule has 2 aliphatic rings. The summed E-state index contributed by atoms with van der Waals surface area (Å²) in [4.78, 5) is 71.2. The Morgan fingerprint density at radius 1 is 1.00 bits per heavy atom. The molecule has 1 fully saturated rings. The van der Waals surface area contributed by atoms with E-state index in [1.54, 1.807) is 14.0 Å². The highest BCUT2D eigenvalue weighted by molar-refractivity contribution is 5.97. The summed E-state index contributed by atoms with van der Waals surface area (Å²) in [5.41, 5.74) is 6.84. The van der Waals surface area contributed by atoms with Crippen molar-refractivity contribution in [3.8, 4) is 0 Å². The molecule has 236 valence electrons. The third kappa shape index (κ3) is 7.42. The van der Waals surface area contributed by atoms with Gasteiger partial charge in [-0.1, -0.05) is 51.1 Å². The smallest absolute Gasteiger partial charge is 0.270 e. The Kier molecular flexibility index (Phi) is 10.0. The Morgan fingerprint density at radius 3 is 2.39 bits per heavy atom. The number of carbonyl (C=O) groups excluding carboxylic acids is 5. The molecule has 2 aromatic rings. The van der Waals surface area contributed by atoms with E-state index in [1.165, 1.54) is 28.7 Å². The number of aryl methyl sites for hydroxylation is 1. The SMILES string of the molecule is CN[C@@H](C)C(=O)N[C@H](C(=O)N1C[C@@H](NC(=O)c2cccc(C(N)=O)n2)CC1C(=O)N[C@@H]1CCCc2ccccc21)C(C)(C)C. The number of likely N-dealkylation sites (N-methyl/N-ethyl adjacent to an activating group) is 1. The lowest BCUT2D eigenvalue weighted by Gasteiger charge is -2.36. The summed E-state index contributed by atoms with van der Waals surface area (Å²) in [6, 6.07) is 9.24. The quantitative estimate of drug-likeness (QED) is 0.285. The Balaban J connectivity index is 1.60. The number of carbonyl (C=O) groups is 5. The van der Waals surface area contributed by atoms with E-state index in [0.717, 1.165) is 24.8 Å². The van der Waals surface area contributed by atoms with Crippen LogP contribution in [0.2, 0.25) is 0 Å². The second-order valence-corrected chi connectivity index (χ2v) is 12.7. The molecule has 1 unspecified atom stereocenters. The number of primary amides is 1. The Hall–Kier alpha value is -4.32. The number of nitrogens with one attached hydrogen (secondary N) is 4. The number of likely N-dealkylation sites (tertiary alicyclic amines) is 1. The predicted molar refractivity (Wildman–Crippen MR) is 164 cm³/mol. The van der Waals surface area contributed by atoms with Gasteiger partial charge in [0.15, 0.2) is 0 Å². The standard InChI is InChI=1S/C32H43N7O5/c1-18(34-5)28(41)38-26(32(2,3)4)31(44)39-17-20(35-29(42)24-15-9-14-23(36-24)27(33)40)16-25(39)30(43)37-22-13-8-11-19-10-6-7-12-21(19)22/h6-7,9-10,12,14-15,18,20,22,25-26,34H,8,11,13,16-17H2,1-5H3,(H2,33,40)(H,35,42)(H,37,43)(H,38,41)/t18-,20-,22+,25?,26+/m0/s1. The molecule has 1 aliphatic heterocycles. The minimum absolute atomic E-state index is 0.00762. The summed E-state index contributed by atoms with van der Waals surface area (Å²) in [7, 11) is 1.66. The van der Waals surface area contributed by atoms with E-state index in [0.29, 0.717) is 0 Å². The van der Waals surface area contributed by atoms with Crippen LogP contribution in [-0.2, 0) is 20.8 Å². The number of nitrogens with two attached hydrogens (primary N) is 1. The highest BCUT2D eigenvalue weighted by Crippen LogP contribution is 2.31. The second kappa shape index (κ2) is 13.5. The molecule has 4 rings (SSSR count). The first-order valence-corrected chi connectivity index (χ1v) is 15.0. The van der Waals surface area contributed by atoms with Crippen LogP contribution in [0.25, 0.3) is 0 Å². The molecular formula is C32H43N7O5. The summed E-state index contributed by atoms with van der Waals surface area (Å²) in [5, 5.41) is 11.8. The van der Waals surface area contributed by atoms with Crippen molar-refractivity contribution >= 4 is 29.5 Å². The molecule has 6 N–H and O–H groups in total. The number of hydrogen-bond acceptors (Lipinski definition) is 7. The van der Waals surface area contributed by atoms with Crippen LogP contribution >= 0.6 is 0 Å². The van der Waals surface area contributed by atoms with Gasteiger partial charge in [-0.25, -0.2) is 4.98 Å². The fourth-order valence-electron chi connectivity index (χ4n) is 5.78. The highest BCUT2D eigenvalue weighted by Gasteiger charge is 2.46. The summed E-state index contributed by atoms with van der Waals surface area (Å²) >= 11 is 0. The number of aromatic nitrogens is 1. The van der Waals surface area contributed by atoms with Crippen LogP contribution in [0.5, 0.6) is 0 Å². The van der Waals surface area contributed by atoms with Gasteiger partial charge >= 0.3 is 0 Å². The van der Waals surface area contributed by atoms with Crippen LogP contribution in [0.1, 0.15) is 85.1 Å². The van der Waals surface area contributed by atoms with Crippen molar-refractivity contribution in [2.45, 2.75) is 83.6 Å².